The molecule has 2 heterocycles. The molecule has 7 heteroatoms. The molecule has 0 bridgehead atoms. The highest BCUT2D eigenvalue weighted by atomic mass is 16.4. The summed E-state index contributed by atoms with van der Waals surface area (Å²) < 4.78 is 5.56. The summed E-state index contributed by atoms with van der Waals surface area (Å²) in [5, 5.41) is 11.1. The minimum atomic E-state index is -0.0437. The fourth-order valence-corrected chi connectivity index (χ4v) is 2.71. The van der Waals surface area contributed by atoms with Gasteiger partial charge in [-0.1, -0.05) is 6.92 Å². The SMILES string of the molecule is CCc1nnc(CN2CCN(C(C)C(=O)NC3CC3)CC2)o1. The fourth-order valence-electron chi connectivity index (χ4n) is 2.71. The number of carbonyl (C=O) groups is 1. The Bertz CT molecular complexity index is 506. The van der Waals surface area contributed by atoms with Crippen molar-refractivity contribution >= 4 is 5.91 Å². The predicted molar refractivity (Wildman–Crippen MR) is 81.2 cm³/mol. The summed E-state index contributed by atoms with van der Waals surface area (Å²) in [6.07, 6.45) is 3.04. The Labute approximate surface area is 131 Å². The average Bonchev–Trinajstić information content (AvgIpc) is 3.23. The van der Waals surface area contributed by atoms with E-state index >= 15 is 0 Å². The van der Waals surface area contributed by atoms with Crippen LogP contribution in [0.2, 0.25) is 0 Å². The Morgan fingerprint density at radius 1 is 1.27 bits per heavy atom. The smallest absolute Gasteiger partial charge is 0.237 e. The Hall–Kier alpha value is -1.47. The summed E-state index contributed by atoms with van der Waals surface area (Å²) in [4.78, 5) is 16.7. The summed E-state index contributed by atoms with van der Waals surface area (Å²) in [6, 6.07) is 0.388. The zero-order chi connectivity index (χ0) is 15.5. The average molecular weight is 307 g/mol. The second-order valence-electron chi connectivity index (χ2n) is 6.21. The van der Waals surface area contributed by atoms with E-state index in [1.165, 1.54) is 0 Å². The molecule has 0 spiro atoms. The van der Waals surface area contributed by atoms with Crippen molar-refractivity contribution in [3.63, 3.8) is 0 Å². The zero-order valence-corrected chi connectivity index (χ0v) is 13.4. The van der Waals surface area contributed by atoms with Gasteiger partial charge in [0.05, 0.1) is 12.6 Å². The number of piperazine rings is 1. The molecule has 0 radical (unpaired) electrons. The summed E-state index contributed by atoms with van der Waals surface area (Å²) in [7, 11) is 0. The van der Waals surface area contributed by atoms with E-state index in [1.807, 2.05) is 13.8 Å². The monoisotopic (exact) mass is 307 g/mol. The first-order valence-corrected chi connectivity index (χ1v) is 8.23. The van der Waals surface area contributed by atoms with Gasteiger partial charge < -0.3 is 9.73 Å². The van der Waals surface area contributed by atoms with E-state index in [2.05, 4.69) is 25.3 Å². The molecule has 0 aromatic carbocycles. The summed E-state index contributed by atoms with van der Waals surface area (Å²) in [5.41, 5.74) is 0. The van der Waals surface area contributed by atoms with Gasteiger partial charge in [0.1, 0.15) is 0 Å². The zero-order valence-electron chi connectivity index (χ0n) is 13.4. The van der Waals surface area contributed by atoms with Crippen LogP contribution in [0.3, 0.4) is 0 Å². The minimum absolute atomic E-state index is 0.0437. The van der Waals surface area contributed by atoms with Crippen molar-refractivity contribution in [2.24, 2.45) is 0 Å². The molecule has 7 nitrogen and oxygen atoms in total. The minimum Gasteiger partial charge on any atom is -0.424 e. The van der Waals surface area contributed by atoms with Crippen LogP contribution in [0.25, 0.3) is 0 Å². The van der Waals surface area contributed by atoms with E-state index in [4.69, 9.17) is 4.42 Å². The van der Waals surface area contributed by atoms with Crippen LogP contribution in [0.4, 0.5) is 0 Å². The maximum atomic E-state index is 12.1. The Morgan fingerprint density at radius 3 is 2.55 bits per heavy atom. The van der Waals surface area contributed by atoms with Crippen molar-refractivity contribution in [1.29, 1.82) is 0 Å². The number of amides is 1. The second-order valence-corrected chi connectivity index (χ2v) is 6.21. The van der Waals surface area contributed by atoms with Crippen LogP contribution in [0.5, 0.6) is 0 Å². The van der Waals surface area contributed by atoms with Gasteiger partial charge in [0.25, 0.3) is 0 Å². The van der Waals surface area contributed by atoms with Gasteiger partial charge in [-0.2, -0.15) is 0 Å². The second kappa shape index (κ2) is 6.75. The van der Waals surface area contributed by atoms with Gasteiger partial charge in [-0.3, -0.25) is 14.6 Å². The molecular formula is C15H25N5O2. The number of hydrogen-bond acceptors (Lipinski definition) is 6. The lowest BCUT2D eigenvalue weighted by molar-refractivity contribution is -0.126. The van der Waals surface area contributed by atoms with Gasteiger partial charge in [-0.15, -0.1) is 10.2 Å². The largest absolute Gasteiger partial charge is 0.424 e. The van der Waals surface area contributed by atoms with E-state index in [0.717, 1.165) is 45.4 Å². The van der Waals surface area contributed by atoms with Crippen molar-refractivity contribution in [1.82, 2.24) is 25.3 Å². The quantitative estimate of drug-likeness (QED) is 0.821. The third kappa shape index (κ3) is 3.84. The standard InChI is InChI=1S/C15H25N5O2/c1-3-13-17-18-14(22-13)10-19-6-8-20(9-7-19)11(2)15(21)16-12-4-5-12/h11-12H,3-10H2,1-2H3,(H,16,21). The lowest BCUT2D eigenvalue weighted by atomic mass is 10.2. The Balaban J connectivity index is 1.44. The van der Waals surface area contributed by atoms with Gasteiger partial charge in [-0.25, -0.2) is 0 Å². The van der Waals surface area contributed by atoms with Gasteiger partial charge in [-0.05, 0) is 19.8 Å². The Kier molecular flexibility index (Phi) is 4.73. The molecule has 1 aliphatic heterocycles. The Morgan fingerprint density at radius 2 is 1.95 bits per heavy atom. The summed E-state index contributed by atoms with van der Waals surface area (Å²) >= 11 is 0. The molecule has 122 valence electrons. The van der Waals surface area contributed by atoms with E-state index in [9.17, 15) is 4.79 Å². The molecule has 1 aromatic heterocycles. The van der Waals surface area contributed by atoms with Crippen molar-refractivity contribution in [3.8, 4) is 0 Å². The number of rotatable bonds is 6. The first-order chi connectivity index (χ1) is 10.7. The van der Waals surface area contributed by atoms with Crippen molar-refractivity contribution < 1.29 is 9.21 Å². The van der Waals surface area contributed by atoms with Crippen LogP contribution in [-0.4, -0.2) is 64.2 Å². The molecule has 1 saturated carbocycles. The fraction of sp³-hybridized carbons (Fsp3) is 0.800. The molecule has 1 amide bonds. The summed E-state index contributed by atoms with van der Waals surface area (Å²) in [5.74, 6) is 1.55. The van der Waals surface area contributed by atoms with Crippen LogP contribution in [-0.2, 0) is 17.8 Å². The predicted octanol–water partition coefficient (Wildman–Crippen LogP) is 0.417. The molecule has 1 aliphatic carbocycles. The van der Waals surface area contributed by atoms with Gasteiger partial charge in [0.2, 0.25) is 17.7 Å². The van der Waals surface area contributed by atoms with Gasteiger partial charge >= 0.3 is 0 Å². The van der Waals surface area contributed by atoms with Crippen molar-refractivity contribution in [3.05, 3.63) is 11.8 Å². The first kappa shape index (κ1) is 15.4. The van der Waals surface area contributed by atoms with Crippen LogP contribution in [0.15, 0.2) is 4.42 Å². The summed E-state index contributed by atoms with van der Waals surface area (Å²) in [6.45, 7) is 8.34. The number of aromatic nitrogens is 2. The normalized spacial score (nSPS) is 21.7. The van der Waals surface area contributed by atoms with Gasteiger partial charge in [0, 0.05) is 38.6 Å². The molecule has 1 unspecified atom stereocenters. The highest BCUT2D eigenvalue weighted by Gasteiger charge is 2.30. The van der Waals surface area contributed by atoms with E-state index in [1.54, 1.807) is 0 Å². The van der Waals surface area contributed by atoms with Crippen LogP contribution < -0.4 is 5.32 Å². The van der Waals surface area contributed by atoms with Gasteiger partial charge in [0.15, 0.2) is 0 Å². The highest BCUT2D eigenvalue weighted by Crippen LogP contribution is 2.19. The number of nitrogens with one attached hydrogen (secondary N) is 1. The molecule has 1 N–H and O–H groups in total. The van der Waals surface area contributed by atoms with Crippen LogP contribution in [0.1, 0.15) is 38.5 Å². The first-order valence-electron chi connectivity index (χ1n) is 8.23. The molecule has 1 atom stereocenters. The van der Waals surface area contributed by atoms with E-state index in [0.29, 0.717) is 24.4 Å². The van der Waals surface area contributed by atoms with Crippen LogP contribution >= 0.6 is 0 Å². The molecule has 2 aliphatic rings. The molecule has 2 fully saturated rings. The highest BCUT2D eigenvalue weighted by molar-refractivity contribution is 5.81. The van der Waals surface area contributed by atoms with Crippen molar-refractivity contribution in [2.45, 2.75) is 51.7 Å². The molecule has 3 rings (SSSR count). The molecule has 22 heavy (non-hydrogen) atoms. The van der Waals surface area contributed by atoms with Crippen molar-refractivity contribution in [2.75, 3.05) is 26.2 Å². The molecular weight excluding hydrogens is 282 g/mol. The number of carbonyl (C=O) groups excluding carboxylic acids is 1. The molecule has 1 aromatic rings. The third-order valence-corrected chi connectivity index (χ3v) is 4.43. The number of nitrogens with zero attached hydrogens (tertiary/aromatic N) is 4. The molecule has 1 saturated heterocycles. The maximum absolute atomic E-state index is 12.1. The number of hydrogen-bond donors (Lipinski definition) is 1. The maximum Gasteiger partial charge on any atom is 0.237 e. The lowest BCUT2D eigenvalue weighted by Gasteiger charge is -2.36. The number of aryl methyl sites for hydroxylation is 1. The lowest BCUT2D eigenvalue weighted by Crippen LogP contribution is -2.53. The topological polar surface area (TPSA) is 74.5 Å². The third-order valence-electron chi connectivity index (χ3n) is 4.43. The van der Waals surface area contributed by atoms with Crippen LogP contribution in [0, 0.1) is 0 Å². The van der Waals surface area contributed by atoms with E-state index < -0.39 is 0 Å². The van der Waals surface area contributed by atoms with E-state index in [-0.39, 0.29) is 11.9 Å².